The van der Waals surface area contributed by atoms with Gasteiger partial charge in [0.1, 0.15) is 6.33 Å². The fourth-order valence-corrected chi connectivity index (χ4v) is 1.80. The summed E-state index contributed by atoms with van der Waals surface area (Å²) in [4.78, 5) is 12.8. The maximum atomic E-state index is 4.36. The molecule has 0 amide bonds. The summed E-state index contributed by atoms with van der Waals surface area (Å²) in [7, 11) is 4.05. The maximum Gasteiger partial charge on any atom is 0.155 e. The molecule has 0 radical (unpaired) electrons. The molecule has 0 N–H and O–H groups in total. The molecule has 0 aromatic carbocycles. The number of hydrogen-bond donors (Lipinski definition) is 0. The van der Waals surface area contributed by atoms with Crippen molar-refractivity contribution >= 4 is 11.5 Å². The quantitative estimate of drug-likeness (QED) is 0.703. The summed E-state index contributed by atoms with van der Waals surface area (Å²) in [5, 5.41) is 0. The zero-order chi connectivity index (χ0) is 9.97. The Balaban J connectivity index is 2.30. The first kappa shape index (κ1) is 9.24. The average molecular weight is 192 g/mol. The molecule has 0 aliphatic carbocycles. The van der Waals surface area contributed by atoms with E-state index in [0.717, 1.165) is 24.6 Å². The van der Waals surface area contributed by atoms with E-state index in [4.69, 9.17) is 0 Å². The van der Waals surface area contributed by atoms with Crippen molar-refractivity contribution in [2.45, 2.75) is 12.8 Å². The SMILES string of the molecule is CN(C)c1cncnc1N1CCCC1. The Morgan fingerprint density at radius 1 is 1.29 bits per heavy atom. The normalized spacial score (nSPS) is 16.0. The van der Waals surface area contributed by atoms with Gasteiger partial charge in [-0.3, -0.25) is 0 Å². The van der Waals surface area contributed by atoms with E-state index in [1.807, 2.05) is 20.3 Å². The highest BCUT2D eigenvalue weighted by molar-refractivity contribution is 5.65. The third-order valence-corrected chi connectivity index (χ3v) is 2.56. The zero-order valence-electron chi connectivity index (χ0n) is 8.77. The van der Waals surface area contributed by atoms with Crippen molar-refractivity contribution in [1.29, 1.82) is 0 Å². The van der Waals surface area contributed by atoms with E-state index >= 15 is 0 Å². The Hall–Kier alpha value is -1.32. The van der Waals surface area contributed by atoms with Crippen LogP contribution in [0.2, 0.25) is 0 Å². The van der Waals surface area contributed by atoms with Gasteiger partial charge >= 0.3 is 0 Å². The van der Waals surface area contributed by atoms with E-state index in [1.165, 1.54) is 12.8 Å². The molecular formula is C10H16N4. The van der Waals surface area contributed by atoms with Gasteiger partial charge in [0.25, 0.3) is 0 Å². The molecule has 0 spiro atoms. The van der Waals surface area contributed by atoms with Crippen LogP contribution in [0.15, 0.2) is 12.5 Å². The van der Waals surface area contributed by atoms with Crippen LogP contribution in [0.5, 0.6) is 0 Å². The lowest BCUT2D eigenvalue weighted by molar-refractivity contribution is 0.915. The molecule has 1 aromatic heterocycles. The molecule has 4 heteroatoms. The van der Waals surface area contributed by atoms with Crippen molar-refractivity contribution in [2.24, 2.45) is 0 Å². The number of hydrogen-bond acceptors (Lipinski definition) is 4. The molecule has 4 nitrogen and oxygen atoms in total. The Morgan fingerprint density at radius 2 is 2.00 bits per heavy atom. The van der Waals surface area contributed by atoms with E-state index in [9.17, 15) is 0 Å². The first-order valence-corrected chi connectivity index (χ1v) is 5.01. The Bertz CT molecular complexity index is 305. The number of anilines is 2. The highest BCUT2D eigenvalue weighted by Gasteiger charge is 2.17. The summed E-state index contributed by atoms with van der Waals surface area (Å²) in [6.07, 6.45) is 6.05. The van der Waals surface area contributed by atoms with E-state index in [-0.39, 0.29) is 0 Å². The average Bonchev–Trinajstić information content (AvgIpc) is 2.70. The van der Waals surface area contributed by atoms with Gasteiger partial charge in [0.05, 0.1) is 11.9 Å². The summed E-state index contributed by atoms with van der Waals surface area (Å²) in [6.45, 7) is 2.25. The molecule has 0 unspecified atom stereocenters. The van der Waals surface area contributed by atoms with Gasteiger partial charge in [-0.2, -0.15) is 0 Å². The van der Waals surface area contributed by atoms with Crippen molar-refractivity contribution in [3.8, 4) is 0 Å². The second kappa shape index (κ2) is 3.82. The fraction of sp³-hybridized carbons (Fsp3) is 0.600. The standard InChI is InChI=1S/C10H16N4/c1-13(2)9-7-11-8-12-10(9)14-5-3-4-6-14/h7-8H,3-6H2,1-2H3. The predicted molar refractivity (Wildman–Crippen MR) is 57.8 cm³/mol. The van der Waals surface area contributed by atoms with Gasteiger partial charge in [0.15, 0.2) is 5.82 Å². The molecule has 76 valence electrons. The third-order valence-electron chi connectivity index (χ3n) is 2.56. The highest BCUT2D eigenvalue weighted by Crippen LogP contribution is 2.26. The molecule has 1 saturated heterocycles. The van der Waals surface area contributed by atoms with Crippen molar-refractivity contribution in [1.82, 2.24) is 9.97 Å². The van der Waals surface area contributed by atoms with Gasteiger partial charge < -0.3 is 9.80 Å². The van der Waals surface area contributed by atoms with Crippen LogP contribution in [-0.2, 0) is 0 Å². The van der Waals surface area contributed by atoms with Gasteiger partial charge in [0.2, 0.25) is 0 Å². The Labute approximate surface area is 84.6 Å². The predicted octanol–water partition coefficient (Wildman–Crippen LogP) is 1.14. The van der Waals surface area contributed by atoms with Gasteiger partial charge in [0, 0.05) is 27.2 Å². The van der Waals surface area contributed by atoms with Crippen LogP contribution in [0.1, 0.15) is 12.8 Å². The van der Waals surface area contributed by atoms with E-state index in [2.05, 4.69) is 19.8 Å². The minimum absolute atomic E-state index is 1.07. The molecule has 1 aliphatic rings. The molecular weight excluding hydrogens is 176 g/mol. The van der Waals surface area contributed by atoms with Crippen LogP contribution in [0.4, 0.5) is 11.5 Å². The van der Waals surface area contributed by atoms with Gasteiger partial charge in [-0.05, 0) is 12.8 Å². The highest BCUT2D eigenvalue weighted by atomic mass is 15.2. The number of rotatable bonds is 2. The molecule has 1 fully saturated rings. The summed E-state index contributed by atoms with van der Waals surface area (Å²) in [6, 6.07) is 0. The lowest BCUT2D eigenvalue weighted by atomic mass is 10.4. The van der Waals surface area contributed by atoms with Crippen molar-refractivity contribution < 1.29 is 0 Å². The van der Waals surface area contributed by atoms with Gasteiger partial charge in [-0.1, -0.05) is 0 Å². The molecule has 1 aliphatic heterocycles. The maximum absolute atomic E-state index is 4.36. The lowest BCUT2D eigenvalue weighted by Gasteiger charge is -2.22. The van der Waals surface area contributed by atoms with Crippen LogP contribution in [-0.4, -0.2) is 37.2 Å². The molecule has 0 saturated carbocycles. The summed E-state index contributed by atoms with van der Waals surface area (Å²) < 4.78 is 0. The summed E-state index contributed by atoms with van der Waals surface area (Å²) in [5.74, 6) is 1.07. The first-order chi connectivity index (χ1) is 6.79. The van der Waals surface area contributed by atoms with Crippen LogP contribution in [0.25, 0.3) is 0 Å². The minimum atomic E-state index is 1.07. The van der Waals surface area contributed by atoms with Gasteiger partial charge in [-0.15, -0.1) is 0 Å². The largest absolute Gasteiger partial charge is 0.373 e. The Kier molecular flexibility index (Phi) is 2.52. The summed E-state index contributed by atoms with van der Waals surface area (Å²) >= 11 is 0. The van der Waals surface area contributed by atoms with Crippen LogP contribution in [0, 0.1) is 0 Å². The molecule has 0 bridgehead atoms. The smallest absolute Gasteiger partial charge is 0.155 e. The summed E-state index contributed by atoms with van der Waals surface area (Å²) in [5.41, 5.74) is 1.11. The minimum Gasteiger partial charge on any atom is -0.373 e. The third kappa shape index (κ3) is 1.64. The number of nitrogens with zero attached hydrogens (tertiary/aromatic N) is 4. The van der Waals surface area contributed by atoms with E-state index in [0.29, 0.717) is 0 Å². The molecule has 2 rings (SSSR count). The molecule has 0 atom stereocenters. The fourth-order valence-electron chi connectivity index (χ4n) is 1.80. The van der Waals surface area contributed by atoms with E-state index < -0.39 is 0 Å². The van der Waals surface area contributed by atoms with Crippen LogP contribution < -0.4 is 9.80 Å². The van der Waals surface area contributed by atoms with Crippen LogP contribution >= 0.6 is 0 Å². The second-order valence-electron chi connectivity index (χ2n) is 3.82. The topological polar surface area (TPSA) is 32.3 Å². The monoisotopic (exact) mass is 192 g/mol. The zero-order valence-corrected chi connectivity index (χ0v) is 8.77. The Morgan fingerprint density at radius 3 is 2.64 bits per heavy atom. The van der Waals surface area contributed by atoms with E-state index in [1.54, 1.807) is 6.33 Å². The van der Waals surface area contributed by atoms with Crippen molar-refractivity contribution in [2.75, 3.05) is 37.0 Å². The van der Waals surface area contributed by atoms with Crippen molar-refractivity contribution in [3.05, 3.63) is 12.5 Å². The van der Waals surface area contributed by atoms with Gasteiger partial charge in [-0.25, -0.2) is 9.97 Å². The molecule has 1 aromatic rings. The molecule has 14 heavy (non-hydrogen) atoms. The lowest BCUT2D eigenvalue weighted by Crippen LogP contribution is -2.23. The molecule has 2 heterocycles. The second-order valence-corrected chi connectivity index (χ2v) is 3.82. The van der Waals surface area contributed by atoms with Crippen molar-refractivity contribution in [3.63, 3.8) is 0 Å². The number of aromatic nitrogens is 2. The first-order valence-electron chi connectivity index (χ1n) is 5.01. The van der Waals surface area contributed by atoms with Crippen LogP contribution in [0.3, 0.4) is 0 Å².